The van der Waals surface area contributed by atoms with Crippen LogP contribution in [0.25, 0.3) is 0 Å². The summed E-state index contributed by atoms with van der Waals surface area (Å²) in [5.41, 5.74) is 8.59. The fourth-order valence-electron chi connectivity index (χ4n) is 1.93. The molecule has 100 valence electrons. The summed E-state index contributed by atoms with van der Waals surface area (Å²) >= 11 is 0. The minimum atomic E-state index is -3.60. The average molecular weight is 276 g/mol. The van der Waals surface area contributed by atoms with Gasteiger partial charge in [-0.05, 0) is 55.3 Å². The van der Waals surface area contributed by atoms with Crippen LogP contribution in [0, 0.1) is 13.8 Å². The van der Waals surface area contributed by atoms with Crippen molar-refractivity contribution in [3.8, 4) is 0 Å². The van der Waals surface area contributed by atoms with Gasteiger partial charge in [0, 0.05) is 11.4 Å². The van der Waals surface area contributed by atoms with Crippen molar-refractivity contribution >= 4 is 21.4 Å². The Balaban J connectivity index is 2.36. The van der Waals surface area contributed by atoms with Gasteiger partial charge in [-0.25, -0.2) is 8.42 Å². The third kappa shape index (κ3) is 3.26. The Morgan fingerprint density at radius 2 is 1.63 bits per heavy atom. The van der Waals surface area contributed by atoms with Crippen LogP contribution < -0.4 is 10.5 Å². The van der Waals surface area contributed by atoms with Crippen molar-refractivity contribution in [2.24, 2.45) is 0 Å². The topological polar surface area (TPSA) is 72.2 Å². The maximum absolute atomic E-state index is 12.2. The molecule has 0 saturated heterocycles. The Hall–Kier alpha value is -2.01. The average Bonchev–Trinajstić information content (AvgIpc) is 2.26. The van der Waals surface area contributed by atoms with Crippen LogP contribution in [0.1, 0.15) is 11.1 Å². The van der Waals surface area contributed by atoms with Crippen LogP contribution in [-0.4, -0.2) is 8.42 Å². The van der Waals surface area contributed by atoms with Crippen LogP contribution in [0.3, 0.4) is 0 Å². The summed E-state index contributed by atoms with van der Waals surface area (Å²) in [5, 5.41) is 0. The summed E-state index contributed by atoms with van der Waals surface area (Å²) in [6.07, 6.45) is 0. The first-order chi connectivity index (χ1) is 8.87. The van der Waals surface area contributed by atoms with Gasteiger partial charge < -0.3 is 5.73 Å². The first-order valence-corrected chi connectivity index (χ1v) is 7.32. The number of anilines is 2. The predicted octanol–water partition coefficient (Wildman–Crippen LogP) is 2.69. The summed E-state index contributed by atoms with van der Waals surface area (Å²) in [5.74, 6) is 0. The van der Waals surface area contributed by atoms with E-state index in [2.05, 4.69) is 4.72 Å². The number of aryl methyl sites for hydroxylation is 2. The van der Waals surface area contributed by atoms with E-state index in [4.69, 9.17) is 5.73 Å². The van der Waals surface area contributed by atoms with Gasteiger partial charge in [0.05, 0.1) is 4.90 Å². The molecule has 0 amide bonds. The molecule has 0 spiro atoms. The molecule has 19 heavy (non-hydrogen) atoms. The third-order valence-corrected chi connectivity index (χ3v) is 4.02. The first kappa shape index (κ1) is 13.4. The van der Waals surface area contributed by atoms with Crippen molar-refractivity contribution in [1.29, 1.82) is 0 Å². The number of nitrogens with one attached hydrogen (secondary N) is 1. The Labute approximate surface area is 113 Å². The molecule has 2 rings (SSSR count). The lowest BCUT2D eigenvalue weighted by Gasteiger charge is -2.10. The molecule has 0 bridgehead atoms. The zero-order valence-corrected chi connectivity index (χ0v) is 11.7. The number of nitrogens with two attached hydrogens (primary N) is 1. The molecular formula is C14H16N2O2S. The van der Waals surface area contributed by atoms with Crippen molar-refractivity contribution in [2.45, 2.75) is 18.7 Å². The highest BCUT2D eigenvalue weighted by Crippen LogP contribution is 2.20. The van der Waals surface area contributed by atoms with Gasteiger partial charge in [0.1, 0.15) is 0 Å². The molecule has 0 aliphatic rings. The molecular weight excluding hydrogens is 260 g/mol. The first-order valence-electron chi connectivity index (χ1n) is 5.83. The highest BCUT2D eigenvalue weighted by atomic mass is 32.2. The monoisotopic (exact) mass is 276 g/mol. The van der Waals surface area contributed by atoms with Crippen molar-refractivity contribution < 1.29 is 8.42 Å². The van der Waals surface area contributed by atoms with Crippen molar-refractivity contribution in [3.63, 3.8) is 0 Å². The maximum atomic E-state index is 12.2. The van der Waals surface area contributed by atoms with E-state index < -0.39 is 10.0 Å². The number of nitrogen functional groups attached to an aromatic ring is 1. The molecule has 0 radical (unpaired) electrons. The molecule has 0 saturated carbocycles. The smallest absolute Gasteiger partial charge is 0.261 e. The fraction of sp³-hybridized carbons (Fsp3) is 0.143. The van der Waals surface area contributed by atoms with Gasteiger partial charge in [-0.1, -0.05) is 12.1 Å². The largest absolute Gasteiger partial charge is 0.399 e. The second kappa shape index (κ2) is 4.93. The van der Waals surface area contributed by atoms with E-state index in [1.807, 2.05) is 19.9 Å². The Kier molecular flexibility index (Phi) is 3.48. The van der Waals surface area contributed by atoms with Crippen LogP contribution >= 0.6 is 0 Å². The number of sulfonamides is 1. The normalized spacial score (nSPS) is 11.3. The van der Waals surface area contributed by atoms with Crippen LogP contribution in [0.2, 0.25) is 0 Å². The van der Waals surface area contributed by atoms with Gasteiger partial charge in [0.2, 0.25) is 0 Å². The molecule has 4 nitrogen and oxygen atoms in total. The van der Waals surface area contributed by atoms with Gasteiger partial charge >= 0.3 is 0 Å². The predicted molar refractivity (Wildman–Crippen MR) is 77.6 cm³/mol. The molecule has 0 fully saturated rings. The van der Waals surface area contributed by atoms with Crippen molar-refractivity contribution in [2.75, 3.05) is 10.5 Å². The molecule has 5 heteroatoms. The number of benzene rings is 2. The van der Waals surface area contributed by atoms with Crippen LogP contribution in [0.5, 0.6) is 0 Å². The Bertz CT molecular complexity index is 689. The quantitative estimate of drug-likeness (QED) is 0.847. The fourth-order valence-corrected chi connectivity index (χ4v) is 3.02. The lowest BCUT2D eigenvalue weighted by atomic mass is 10.1. The van der Waals surface area contributed by atoms with Gasteiger partial charge in [-0.2, -0.15) is 0 Å². The molecule has 0 aliphatic heterocycles. The van der Waals surface area contributed by atoms with Gasteiger partial charge in [0.15, 0.2) is 0 Å². The molecule has 3 N–H and O–H groups in total. The van der Waals surface area contributed by atoms with E-state index in [0.717, 1.165) is 11.1 Å². The molecule has 0 aromatic heterocycles. The van der Waals surface area contributed by atoms with E-state index in [-0.39, 0.29) is 4.90 Å². The van der Waals surface area contributed by atoms with Crippen molar-refractivity contribution in [3.05, 3.63) is 53.6 Å². The Morgan fingerprint density at radius 3 is 2.21 bits per heavy atom. The van der Waals surface area contributed by atoms with Gasteiger partial charge in [-0.15, -0.1) is 0 Å². The molecule has 0 unspecified atom stereocenters. The van der Waals surface area contributed by atoms with Gasteiger partial charge in [-0.3, -0.25) is 4.72 Å². The van der Waals surface area contributed by atoms with Crippen molar-refractivity contribution in [1.82, 2.24) is 0 Å². The van der Waals surface area contributed by atoms with E-state index in [9.17, 15) is 8.42 Å². The molecule has 2 aromatic carbocycles. The van der Waals surface area contributed by atoms with E-state index >= 15 is 0 Å². The number of hydrogen-bond acceptors (Lipinski definition) is 3. The number of rotatable bonds is 3. The summed E-state index contributed by atoms with van der Waals surface area (Å²) in [6, 6.07) is 11.8. The van der Waals surface area contributed by atoms with Crippen LogP contribution in [-0.2, 0) is 10.0 Å². The minimum Gasteiger partial charge on any atom is -0.399 e. The second-order valence-corrected chi connectivity index (χ2v) is 6.24. The number of hydrogen-bond donors (Lipinski definition) is 2. The maximum Gasteiger partial charge on any atom is 0.261 e. The van der Waals surface area contributed by atoms with E-state index in [0.29, 0.717) is 11.4 Å². The van der Waals surface area contributed by atoms with Gasteiger partial charge in [0.25, 0.3) is 10.0 Å². The van der Waals surface area contributed by atoms with E-state index in [1.54, 1.807) is 24.3 Å². The molecule has 2 aromatic rings. The zero-order chi connectivity index (χ0) is 14.0. The summed E-state index contributed by atoms with van der Waals surface area (Å²) in [4.78, 5) is 0.159. The second-order valence-electron chi connectivity index (χ2n) is 4.55. The molecule has 0 atom stereocenters. The van der Waals surface area contributed by atoms with Crippen LogP contribution in [0.4, 0.5) is 11.4 Å². The lowest BCUT2D eigenvalue weighted by Crippen LogP contribution is -2.13. The molecule has 0 aliphatic carbocycles. The SMILES string of the molecule is Cc1cc(C)cc(NS(=O)(=O)c2cccc(N)c2)c1. The summed E-state index contributed by atoms with van der Waals surface area (Å²) in [7, 11) is -3.60. The highest BCUT2D eigenvalue weighted by molar-refractivity contribution is 7.92. The Morgan fingerprint density at radius 1 is 1.00 bits per heavy atom. The van der Waals surface area contributed by atoms with E-state index in [1.165, 1.54) is 12.1 Å². The molecule has 0 heterocycles. The van der Waals surface area contributed by atoms with Crippen LogP contribution in [0.15, 0.2) is 47.4 Å². The lowest BCUT2D eigenvalue weighted by molar-refractivity contribution is 0.601. The zero-order valence-electron chi connectivity index (χ0n) is 10.8. The summed E-state index contributed by atoms with van der Waals surface area (Å²) < 4.78 is 27.0. The minimum absolute atomic E-state index is 0.159. The standard InChI is InChI=1S/C14H16N2O2S/c1-10-6-11(2)8-13(7-10)16-19(17,18)14-5-3-4-12(15)9-14/h3-9,16H,15H2,1-2H3. The third-order valence-electron chi connectivity index (χ3n) is 2.64. The summed E-state index contributed by atoms with van der Waals surface area (Å²) in [6.45, 7) is 3.84. The highest BCUT2D eigenvalue weighted by Gasteiger charge is 2.14.